The van der Waals surface area contributed by atoms with Gasteiger partial charge in [0.25, 0.3) is 5.91 Å². The average Bonchev–Trinajstić information content (AvgIpc) is 2.58. The van der Waals surface area contributed by atoms with Gasteiger partial charge in [-0.05, 0) is 12.1 Å². The van der Waals surface area contributed by atoms with Gasteiger partial charge in [0.1, 0.15) is 12.4 Å². The van der Waals surface area contributed by atoms with Crippen LogP contribution in [0.1, 0.15) is 10.4 Å². The molecule has 6 nitrogen and oxygen atoms in total. The molecule has 0 saturated carbocycles. The van der Waals surface area contributed by atoms with Crippen LogP contribution >= 0.6 is 0 Å². The molecule has 0 radical (unpaired) electrons. The van der Waals surface area contributed by atoms with Gasteiger partial charge in [-0.15, -0.1) is 0 Å². The number of nitrogens with one attached hydrogen (secondary N) is 1. The molecule has 1 aromatic carbocycles. The summed E-state index contributed by atoms with van der Waals surface area (Å²) in [6.07, 6.45) is 0. The summed E-state index contributed by atoms with van der Waals surface area (Å²) in [4.78, 5) is 25.3. The standard InChI is InChI=1S/C13H16N2O4/c16-7-5-14-12(17)9-15-6-8-19-11-4-2-1-3-10(11)13(15)18/h1-4,16H,5-9H2,(H,14,17). The molecule has 1 heterocycles. The molecule has 19 heavy (non-hydrogen) atoms. The van der Waals surface area contributed by atoms with Crippen molar-refractivity contribution in [3.63, 3.8) is 0 Å². The highest BCUT2D eigenvalue weighted by molar-refractivity contribution is 5.99. The molecule has 0 unspecified atom stereocenters. The summed E-state index contributed by atoms with van der Waals surface area (Å²) >= 11 is 0. The van der Waals surface area contributed by atoms with E-state index in [0.29, 0.717) is 24.5 Å². The largest absolute Gasteiger partial charge is 0.491 e. The number of carbonyl (C=O) groups is 2. The van der Waals surface area contributed by atoms with E-state index in [9.17, 15) is 9.59 Å². The Balaban J connectivity index is 2.07. The predicted molar refractivity (Wildman–Crippen MR) is 67.9 cm³/mol. The summed E-state index contributed by atoms with van der Waals surface area (Å²) < 4.78 is 5.48. The molecule has 6 heteroatoms. The number of aliphatic hydroxyl groups excluding tert-OH is 1. The number of aliphatic hydroxyl groups is 1. The van der Waals surface area contributed by atoms with Gasteiger partial charge < -0.3 is 20.1 Å². The number of ether oxygens (including phenoxy) is 1. The molecule has 2 rings (SSSR count). The third-order valence-electron chi connectivity index (χ3n) is 2.79. The number of nitrogens with zero attached hydrogens (tertiary/aromatic N) is 1. The zero-order chi connectivity index (χ0) is 13.7. The molecule has 0 fully saturated rings. The lowest BCUT2D eigenvalue weighted by Crippen LogP contribution is -2.42. The van der Waals surface area contributed by atoms with E-state index in [0.717, 1.165) is 0 Å². The number of carbonyl (C=O) groups excluding carboxylic acids is 2. The van der Waals surface area contributed by atoms with Crippen LogP contribution in [0.5, 0.6) is 5.75 Å². The number of para-hydroxylation sites is 1. The smallest absolute Gasteiger partial charge is 0.258 e. The molecule has 1 aromatic rings. The maximum Gasteiger partial charge on any atom is 0.258 e. The Morgan fingerprint density at radius 2 is 2.21 bits per heavy atom. The second kappa shape index (κ2) is 6.19. The average molecular weight is 264 g/mol. The molecular formula is C13H16N2O4. The first-order valence-corrected chi connectivity index (χ1v) is 6.11. The fraction of sp³-hybridized carbons (Fsp3) is 0.385. The van der Waals surface area contributed by atoms with Crippen LogP contribution in [0.2, 0.25) is 0 Å². The first-order chi connectivity index (χ1) is 9.22. The van der Waals surface area contributed by atoms with Crippen molar-refractivity contribution < 1.29 is 19.4 Å². The summed E-state index contributed by atoms with van der Waals surface area (Å²) in [6.45, 7) is 0.756. The summed E-state index contributed by atoms with van der Waals surface area (Å²) in [5, 5.41) is 11.2. The van der Waals surface area contributed by atoms with Crippen LogP contribution in [0, 0.1) is 0 Å². The highest BCUT2D eigenvalue weighted by atomic mass is 16.5. The lowest BCUT2D eigenvalue weighted by Gasteiger charge is -2.19. The van der Waals surface area contributed by atoms with Crippen molar-refractivity contribution in [2.45, 2.75) is 0 Å². The molecule has 102 valence electrons. The Morgan fingerprint density at radius 1 is 1.42 bits per heavy atom. The molecule has 0 saturated heterocycles. The van der Waals surface area contributed by atoms with E-state index in [2.05, 4.69) is 5.32 Å². The lowest BCUT2D eigenvalue weighted by atomic mass is 10.2. The number of rotatable bonds is 4. The van der Waals surface area contributed by atoms with E-state index < -0.39 is 0 Å². The summed E-state index contributed by atoms with van der Waals surface area (Å²) in [6, 6.07) is 6.98. The molecule has 0 aromatic heterocycles. The Morgan fingerprint density at radius 3 is 3.00 bits per heavy atom. The molecule has 0 bridgehead atoms. The maximum absolute atomic E-state index is 12.3. The minimum atomic E-state index is -0.290. The van der Waals surface area contributed by atoms with Crippen molar-refractivity contribution in [2.24, 2.45) is 0 Å². The number of hydrogen-bond acceptors (Lipinski definition) is 4. The van der Waals surface area contributed by atoms with Crippen molar-refractivity contribution in [3.8, 4) is 5.75 Å². The fourth-order valence-corrected chi connectivity index (χ4v) is 1.88. The highest BCUT2D eigenvalue weighted by Gasteiger charge is 2.24. The highest BCUT2D eigenvalue weighted by Crippen LogP contribution is 2.22. The van der Waals surface area contributed by atoms with Crippen LogP contribution < -0.4 is 10.1 Å². The Kier molecular flexibility index (Phi) is 4.35. The van der Waals surface area contributed by atoms with Crippen LogP contribution in [0.25, 0.3) is 0 Å². The van der Waals surface area contributed by atoms with E-state index >= 15 is 0 Å². The minimum Gasteiger partial charge on any atom is -0.491 e. The van der Waals surface area contributed by atoms with E-state index in [4.69, 9.17) is 9.84 Å². The van der Waals surface area contributed by atoms with E-state index in [1.54, 1.807) is 24.3 Å². The first-order valence-electron chi connectivity index (χ1n) is 6.11. The van der Waals surface area contributed by atoms with Gasteiger partial charge in [-0.3, -0.25) is 9.59 Å². The van der Waals surface area contributed by atoms with E-state index in [-0.39, 0.29) is 31.5 Å². The maximum atomic E-state index is 12.3. The summed E-state index contributed by atoms with van der Waals surface area (Å²) in [7, 11) is 0. The van der Waals surface area contributed by atoms with E-state index in [1.807, 2.05) is 0 Å². The molecule has 0 atom stereocenters. The van der Waals surface area contributed by atoms with Gasteiger partial charge in [-0.2, -0.15) is 0 Å². The molecule has 1 aliphatic rings. The van der Waals surface area contributed by atoms with Gasteiger partial charge in [0.15, 0.2) is 0 Å². The van der Waals surface area contributed by atoms with Crippen LogP contribution in [0.4, 0.5) is 0 Å². The zero-order valence-electron chi connectivity index (χ0n) is 10.5. The fourth-order valence-electron chi connectivity index (χ4n) is 1.88. The number of fused-ring (bicyclic) bond motifs is 1. The monoisotopic (exact) mass is 264 g/mol. The topological polar surface area (TPSA) is 78.9 Å². The van der Waals surface area contributed by atoms with Crippen LogP contribution in [0.3, 0.4) is 0 Å². The van der Waals surface area contributed by atoms with Gasteiger partial charge in [0.2, 0.25) is 5.91 Å². The SMILES string of the molecule is O=C(CN1CCOc2ccccc2C1=O)NCCO. The summed E-state index contributed by atoms with van der Waals surface area (Å²) in [5.74, 6) is 0.0415. The normalized spacial score (nSPS) is 14.4. The predicted octanol–water partition coefficient (Wildman–Crippen LogP) is -0.370. The van der Waals surface area contributed by atoms with Gasteiger partial charge in [0.05, 0.1) is 25.3 Å². The van der Waals surface area contributed by atoms with Crippen molar-refractivity contribution in [1.29, 1.82) is 0 Å². The Bertz CT molecular complexity index is 475. The first kappa shape index (κ1) is 13.4. The van der Waals surface area contributed by atoms with Gasteiger partial charge in [-0.25, -0.2) is 0 Å². The molecule has 0 aliphatic carbocycles. The quantitative estimate of drug-likeness (QED) is 0.777. The van der Waals surface area contributed by atoms with Crippen LogP contribution in [0.15, 0.2) is 24.3 Å². The van der Waals surface area contributed by atoms with Crippen molar-refractivity contribution in [2.75, 3.05) is 32.8 Å². The lowest BCUT2D eigenvalue weighted by molar-refractivity contribution is -0.121. The van der Waals surface area contributed by atoms with Crippen molar-refractivity contribution >= 4 is 11.8 Å². The third kappa shape index (κ3) is 3.23. The van der Waals surface area contributed by atoms with Gasteiger partial charge in [-0.1, -0.05) is 12.1 Å². The second-order valence-corrected chi connectivity index (χ2v) is 4.14. The third-order valence-corrected chi connectivity index (χ3v) is 2.79. The van der Waals surface area contributed by atoms with Crippen LogP contribution in [-0.2, 0) is 4.79 Å². The Labute approximate surface area is 111 Å². The zero-order valence-corrected chi connectivity index (χ0v) is 10.5. The number of benzene rings is 1. The Hall–Kier alpha value is -2.08. The van der Waals surface area contributed by atoms with Gasteiger partial charge >= 0.3 is 0 Å². The molecule has 2 N–H and O–H groups in total. The molecule has 2 amide bonds. The number of hydrogen-bond donors (Lipinski definition) is 2. The second-order valence-electron chi connectivity index (χ2n) is 4.14. The summed E-state index contributed by atoms with van der Waals surface area (Å²) in [5.41, 5.74) is 0.468. The molecule has 0 spiro atoms. The minimum absolute atomic E-state index is 0.0312. The van der Waals surface area contributed by atoms with Crippen LogP contribution in [-0.4, -0.2) is 54.7 Å². The molecular weight excluding hydrogens is 248 g/mol. The van der Waals surface area contributed by atoms with Gasteiger partial charge in [0, 0.05) is 6.54 Å². The van der Waals surface area contributed by atoms with Crippen molar-refractivity contribution in [3.05, 3.63) is 29.8 Å². The van der Waals surface area contributed by atoms with E-state index in [1.165, 1.54) is 4.90 Å². The molecule has 1 aliphatic heterocycles. The number of amides is 2. The van der Waals surface area contributed by atoms with Crippen molar-refractivity contribution in [1.82, 2.24) is 10.2 Å².